The summed E-state index contributed by atoms with van der Waals surface area (Å²) < 4.78 is 7.50. The zero-order valence-corrected chi connectivity index (χ0v) is 14.1. The van der Waals surface area contributed by atoms with E-state index in [-0.39, 0.29) is 0 Å². The van der Waals surface area contributed by atoms with Gasteiger partial charge in [0, 0.05) is 6.20 Å². The van der Waals surface area contributed by atoms with Crippen LogP contribution in [0.15, 0.2) is 55.0 Å². The largest absolute Gasteiger partial charge is 0.495 e. The van der Waals surface area contributed by atoms with Gasteiger partial charge in [-0.1, -0.05) is 24.3 Å². The molecule has 0 radical (unpaired) electrons. The van der Waals surface area contributed by atoms with Gasteiger partial charge in [0.1, 0.15) is 11.6 Å². The summed E-state index contributed by atoms with van der Waals surface area (Å²) in [5.41, 5.74) is 4.97. The molecule has 0 unspecified atom stereocenters. The van der Waals surface area contributed by atoms with E-state index in [1.54, 1.807) is 13.4 Å². The number of nitrogens with zero attached hydrogens (tertiary/aromatic N) is 3. The second-order valence-electron chi connectivity index (χ2n) is 5.83. The number of fused-ring (bicyclic) bond motifs is 1. The Hall–Kier alpha value is -3.34. The molecule has 124 valence electrons. The van der Waals surface area contributed by atoms with Gasteiger partial charge >= 0.3 is 0 Å². The van der Waals surface area contributed by atoms with Gasteiger partial charge in [-0.15, -0.1) is 0 Å². The van der Waals surface area contributed by atoms with Crippen molar-refractivity contribution in [1.29, 1.82) is 0 Å². The van der Waals surface area contributed by atoms with E-state index in [0.717, 1.165) is 39.6 Å². The molecule has 5 nitrogen and oxygen atoms in total. The third-order valence-corrected chi connectivity index (χ3v) is 4.03. The molecule has 0 aliphatic heterocycles. The number of methoxy groups -OCH3 is 1. The zero-order chi connectivity index (χ0) is 17.2. The fourth-order valence-electron chi connectivity index (χ4n) is 2.79. The highest BCUT2D eigenvalue weighted by Gasteiger charge is 2.06. The monoisotopic (exact) mass is 330 g/mol. The molecule has 2 aromatic carbocycles. The lowest BCUT2D eigenvalue weighted by molar-refractivity contribution is 0.413. The van der Waals surface area contributed by atoms with Crippen molar-refractivity contribution in [2.45, 2.75) is 6.92 Å². The van der Waals surface area contributed by atoms with Gasteiger partial charge in [-0.3, -0.25) is 0 Å². The molecule has 0 saturated heterocycles. The number of H-pyrrole nitrogens is 1. The number of hydrogen-bond donors (Lipinski definition) is 1. The van der Waals surface area contributed by atoms with Crippen molar-refractivity contribution in [3.63, 3.8) is 0 Å². The summed E-state index contributed by atoms with van der Waals surface area (Å²) >= 11 is 0. The van der Waals surface area contributed by atoms with Crippen molar-refractivity contribution in [2.75, 3.05) is 7.11 Å². The molecule has 0 bridgehead atoms. The Morgan fingerprint density at radius 3 is 2.76 bits per heavy atom. The maximum Gasteiger partial charge on any atom is 0.143 e. The molecular formula is C20H18N4O. The summed E-state index contributed by atoms with van der Waals surface area (Å²) in [4.78, 5) is 12.1. The molecule has 4 aromatic rings. The number of benzene rings is 2. The summed E-state index contributed by atoms with van der Waals surface area (Å²) in [7, 11) is 1.68. The molecule has 2 heterocycles. The van der Waals surface area contributed by atoms with Crippen molar-refractivity contribution in [2.24, 2.45) is 0 Å². The number of aromatic nitrogens is 4. The topological polar surface area (TPSA) is 55.7 Å². The van der Waals surface area contributed by atoms with Crippen LogP contribution in [-0.2, 0) is 0 Å². The summed E-state index contributed by atoms with van der Waals surface area (Å²) in [5, 5.41) is 0. The molecule has 2 aromatic heterocycles. The number of imidazole rings is 2. The minimum atomic E-state index is 0.796. The van der Waals surface area contributed by atoms with Crippen LogP contribution in [0, 0.1) is 6.92 Å². The second-order valence-corrected chi connectivity index (χ2v) is 5.83. The minimum Gasteiger partial charge on any atom is -0.495 e. The molecule has 25 heavy (non-hydrogen) atoms. The molecule has 0 spiro atoms. The fraction of sp³-hybridized carbons (Fsp3) is 0.100. The molecule has 4 rings (SSSR count). The third kappa shape index (κ3) is 3.04. The second kappa shape index (κ2) is 6.28. The molecule has 0 aliphatic rings. The average molecular weight is 330 g/mol. The number of aryl methyl sites for hydroxylation is 1. The Bertz CT molecular complexity index is 1030. The van der Waals surface area contributed by atoms with E-state index in [0.29, 0.717) is 0 Å². The SMILES string of the molecule is COc1cc(/C=C/c2nc3ccccc3[nH]2)ccc1-n1cnc(C)c1. The number of nitrogens with one attached hydrogen (secondary N) is 1. The Kier molecular flexibility index (Phi) is 3.82. The van der Waals surface area contributed by atoms with Crippen LogP contribution in [0.25, 0.3) is 28.9 Å². The van der Waals surface area contributed by atoms with E-state index >= 15 is 0 Å². The molecule has 5 heteroatoms. The van der Waals surface area contributed by atoms with Gasteiger partial charge < -0.3 is 14.3 Å². The first-order valence-corrected chi connectivity index (χ1v) is 8.05. The Morgan fingerprint density at radius 2 is 2.00 bits per heavy atom. The number of ether oxygens (including phenoxy) is 1. The van der Waals surface area contributed by atoms with E-state index in [9.17, 15) is 0 Å². The van der Waals surface area contributed by atoms with Crippen molar-refractivity contribution in [1.82, 2.24) is 19.5 Å². The Morgan fingerprint density at radius 1 is 1.12 bits per heavy atom. The van der Waals surface area contributed by atoms with Gasteiger partial charge in [-0.2, -0.15) is 0 Å². The van der Waals surface area contributed by atoms with Gasteiger partial charge in [0.05, 0.1) is 35.9 Å². The summed E-state index contributed by atoms with van der Waals surface area (Å²) in [5.74, 6) is 1.62. The van der Waals surface area contributed by atoms with Crippen LogP contribution >= 0.6 is 0 Å². The first kappa shape index (κ1) is 15.2. The van der Waals surface area contributed by atoms with Crippen LogP contribution in [0.1, 0.15) is 17.1 Å². The van der Waals surface area contributed by atoms with E-state index in [4.69, 9.17) is 4.74 Å². The number of para-hydroxylation sites is 2. The third-order valence-electron chi connectivity index (χ3n) is 4.03. The molecular weight excluding hydrogens is 312 g/mol. The zero-order valence-electron chi connectivity index (χ0n) is 14.1. The van der Waals surface area contributed by atoms with Gasteiger partial charge in [-0.05, 0) is 42.8 Å². The number of rotatable bonds is 4. The lowest BCUT2D eigenvalue weighted by Crippen LogP contribution is -1.95. The van der Waals surface area contributed by atoms with Gasteiger partial charge in [0.2, 0.25) is 0 Å². The van der Waals surface area contributed by atoms with Crippen molar-refractivity contribution >= 4 is 23.2 Å². The summed E-state index contributed by atoms with van der Waals surface area (Å²) in [6.45, 7) is 1.97. The van der Waals surface area contributed by atoms with E-state index in [2.05, 4.69) is 15.0 Å². The van der Waals surface area contributed by atoms with Gasteiger partial charge in [0.25, 0.3) is 0 Å². The highest BCUT2D eigenvalue weighted by molar-refractivity contribution is 5.78. The highest BCUT2D eigenvalue weighted by Crippen LogP contribution is 2.25. The Balaban J connectivity index is 1.64. The quantitative estimate of drug-likeness (QED) is 0.609. The van der Waals surface area contributed by atoms with Crippen molar-refractivity contribution in [3.8, 4) is 11.4 Å². The summed E-state index contributed by atoms with van der Waals surface area (Å²) in [6, 6.07) is 14.1. The predicted octanol–water partition coefficient (Wildman–Crippen LogP) is 4.24. The molecule has 0 aliphatic carbocycles. The maximum atomic E-state index is 5.54. The van der Waals surface area contributed by atoms with Crippen molar-refractivity contribution in [3.05, 3.63) is 72.1 Å². The highest BCUT2D eigenvalue weighted by atomic mass is 16.5. The first-order valence-electron chi connectivity index (χ1n) is 8.05. The fourth-order valence-corrected chi connectivity index (χ4v) is 2.79. The average Bonchev–Trinajstić information content (AvgIpc) is 3.25. The smallest absolute Gasteiger partial charge is 0.143 e. The maximum absolute atomic E-state index is 5.54. The van der Waals surface area contributed by atoms with Gasteiger partial charge in [0.15, 0.2) is 0 Å². The number of hydrogen-bond acceptors (Lipinski definition) is 3. The minimum absolute atomic E-state index is 0.796. The normalized spacial score (nSPS) is 11.4. The van der Waals surface area contributed by atoms with E-state index in [1.165, 1.54) is 0 Å². The van der Waals surface area contributed by atoms with Crippen LogP contribution in [0.4, 0.5) is 0 Å². The van der Waals surface area contributed by atoms with E-state index in [1.807, 2.05) is 72.3 Å². The standard InChI is InChI=1S/C20H18N4O/c1-14-12-24(13-21-14)18-9-7-15(11-19(18)25-2)8-10-20-22-16-5-3-4-6-17(16)23-20/h3-13H,1-2H3,(H,22,23)/b10-8+. The van der Waals surface area contributed by atoms with Crippen molar-refractivity contribution < 1.29 is 4.74 Å². The summed E-state index contributed by atoms with van der Waals surface area (Å²) in [6.07, 6.45) is 7.75. The molecule has 0 saturated carbocycles. The molecule has 0 atom stereocenters. The van der Waals surface area contributed by atoms with Crippen LogP contribution in [-0.4, -0.2) is 26.6 Å². The van der Waals surface area contributed by atoms with Gasteiger partial charge in [-0.25, -0.2) is 9.97 Å². The Labute approximate surface area is 145 Å². The van der Waals surface area contributed by atoms with E-state index < -0.39 is 0 Å². The van der Waals surface area contributed by atoms with Crippen LogP contribution in [0.5, 0.6) is 5.75 Å². The van der Waals surface area contributed by atoms with Crippen LogP contribution in [0.3, 0.4) is 0 Å². The lowest BCUT2D eigenvalue weighted by Gasteiger charge is -2.09. The molecule has 0 fully saturated rings. The first-order chi connectivity index (χ1) is 12.2. The number of aromatic amines is 1. The van der Waals surface area contributed by atoms with Crippen LogP contribution in [0.2, 0.25) is 0 Å². The van der Waals surface area contributed by atoms with Crippen LogP contribution < -0.4 is 4.74 Å². The molecule has 1 N–H and O–H groups in total. The predicted molar refractivity (Wildman–Crippen MR) is 99.9 cm³/mol. The molecule has 0 amide bonds. The lowest BCUT2D eigenvalue weighted by atomic mass is 10.1.